The quantitative estimate of drug-likeness (QED) is 0.558. The van der Waals surface area contributed by atoms with Crippen LogP contribution in [-0.2, 0) is 5.75 Å². The first-order valence-electron chi connectivity index (χ1n) is 7.53. The minimum atomic E-state index is -4.36. The van der Waals surface area contributed by atoms with Gasteiger partial charge in [-0.2, -0.15) is 13.2 Å². The van der Waals surface area contributed by atoms with E-state index in [1.165, 1.54) is 11.9 Å². The summed E-state index contributed by atoms with van der Waals surface area (Å²) in [4.78, 5) is 7.87. The van der Waals surface area contributed by atoms with Gasteiger partial charge in [0.1, 0.15) is 11.4 Å². The van der Waals surface area contributed by atoms with Crippen LogP contribution in [0, 0.1) is 6.92 Å². The second-order valence-electron chi connectivity index (χ2n) is 5.64. The van der Waals surface area contributed by atoms with Crippen molar-refractivity contribution in [1.82, 2.24) is 9.66 Å². The molecule has 4 rings (SSSR count). The monoisotopic (exact) mass is 367 g/mol. The number of aromatic nitrogens is 3. The number of fused-ring (bicyclic) bond motifs is 5. The molecule has 0 aliphatic carbocycles. The fourth-order valence-corrected chi connectivity index (χ4v) is 3.66. The van der Waals surface area contributed by atoms with Crippen LogP contribution in [-0.4, -0.2) is 22.4 Å². The molecular formula is C16H14F3N4OS+. The summed E-state index contributed by atoms with van der Waals surface area (Å²) < 4.78 is 46.0. The van der Waals surface area contributed by atoms with E-state index in [1.54, 1.807) is 19.2 Å². The van der Waals surface area contributed by atoms with Gasteiger partial charge >= 0.3 is 12.1 Å². The smallest absolute Gasteiger partial charge is 0.427 e. The van der Waals surface area contributed by atoms with E-state index >= 15 is 0 Å². The molecule has 0 fully saturated rings. The van der Waals surface area contributed by atoms with Crippen LogP contribution in [0.4, 0.5) is 13.2 Å². The molecule has 1 aliphatic heterocycles. The van der Waals surface area contributed by atoms with Crippen molar-refractivity contribution in [2.75, 3.05) is 11.4 Å². The van der Waals surface area contributed by atoms with Crippen molar-refractivity contribution < 1.29 is 22.5 Å². The second-order valence-corrected chi connectivity index (χ2v) is 6.40. The molecule has 0 saturated carbocycles. The number of benzene rings is 1. The average molecular weight is 367 g/mol. The summed E-state index contributed by atoms with van der Waals surface area (Å²) in [6, 6.07) is 9.26. The van der Waals surface area contributed by atoms with E-state index in [-0.39, 0.29) is 5.75 Å². The van der Waals surface area contributed by atoms with Gasteiger partial charge in [-0.3, -0.25) is 0 Å². The highest BCUT2D eigenvalue weighted by molar-refractivity contribution is 7.99. The molecule has 0 unspecified atom stereocenters. The lowest BCUT2D eigenvalue weighted by atomic mass is 10.2. The molecule has 0 radical (unpaired) electrons. The molecule has 0 atom stereocenters. The molecule has 0 bridgehead atoms. The van der Waals surface area contributed by atoms with Crippen molar-refractivity contribution in [3.63, 3.8) is 0 Å². The maximum absolute atomic E-state index is 12.4. The highest BCUT2D eigenvalue weighted by Gasteiger charge is 2.31. The van der Waals surface area contributed by atoms with Gasteiger partial charge in [-0.1, -0.05) is 17.1 Å². The number of pyridine rings is 1. The highest BCUT2D eigenvalue weighted by Crippen LogP contribution is 2.27. The summed E-state index contributed by atoms with van der Waals surface area (Å²) >= 11 is 1.44. The largest absolute Gasteiger partial charge is 0.484 e. The van der Waals surface area contributed by atoms with E-state index in [4.69, 9.17) is 4.74 Å². The fraction of sp³-hybridized carbons (Fsp3) is 0.250. The van der Waals surface area contributed by atoms with Gasteiger partial charge in [0.25, 0.3) is 0 Å². The Bertz CT molecular complexity index is 954. The normalized spacial score (nSPS) is 13.8. The van der Waals surface area contributed by atoms with E-state index in [0.717, 1.165) is 16.7 Å². The van der Waals surface area contributed by atoms with E-state index in [9.17, 15) is 13.2 Å². The lowest BCUT2D eigenvalue weighted by Gasteiger charge is -2.14. The van der Waals surface area contributed by atoms with E-state index in [2.05, 4.69) is 9.82 Å². The van der Waals surface area contributed by atoms with Gasteiger partial charge < -0.3 is 4.74 Å². The van der Waals surface area contributed by atoms with Gasteiger partial charge in [-0.25, -0.2) is 9.40 Å². The first-order chi connectivity index (χ1) is 11.9. The lowest BCUT2D eigenvalue weighted by molar-refractivity contribution is -0.612. The molecule has 2 aromatic heterocycles. The van der Waals surface area contributed by atoms with Crippen molar-refractivity contribution >= 4 is 23.0 Å². The Hall–Kier alpha value is -2.42. The van der Waals surface area contributed by atoms with Gasteiger partial charge in [0, 0.05) is 11.6 Å². The Kier molecular flexibility index (Phi) is 3.75. The summed E-state index contributed by atoms with van der Waals surface area (Å²) in [6.45, 7) is 0.456. The first kappa shape index (κ1) is 16.1. The average Bonchev–Trinajstić information content (AvgIpc) is 2.82. The molecule has 1 aliphatic rings. The number of para-hydroxylation sites is 2. The van der Waals surface area contributed by atoms with Gasteiger partial charge in [0.05, 0.1) is 11.9 Å². The number of alkyl halides is 3. The predicted molar refractivity (Wildman–Crippen MR) is 88.2 cm³/mol. The third-order valence-electron chi connectivity index (χ3n) is 3.98. The van der Waals surface area contributed by atoms with Crippen LogP contribution < -0.4 is 14.1 Å². The Balaban J connectivity index is 1.81. The molecule has 0 saturated heterocycles. The minimum Gasteiger partial charge on any atom is -0.484 e. The molecule has 130 valence electrons. The number of nitrogens with one attached hydrogen (secondary N) is 1. The van der Waals surface area contributed by atoms with Crippen LogP contribution in [0.15, 0.2) is 36.5 Å². The van der Waals surface area contributed by atoms with Crippen LogP contribution in [0.3, 0.4) is 0 Å². The van der Waals surface area contributed by atoms with Crippen molar-refractivity contribution in [2.45, 2.75) is 18.9 Å². The number of ether oxygens (including phenoxy) is 1. The SMILES string of the molecule is Cc1c(OCC(F)(F)F)cc[n+]2c1CSNn1c-2nc2ccccc21. The van der Waals surface area contributed by atoms with Crippen LogP contribution >= 0.6 is 11.9 Å². The fourth-order valence-electron chi connectivity index (χ4n) is 2.79. The topological polar surface area (TPSA) is 43.0 Å². The van der Waals surface area contributed by atoms with Crippen LogP contribution in [0.5, 0.6) is 5.75 Å². The Morgan fingerprint density at radius 3 is 2.92 bits per heavy atom. The third kappa shape index (κ3) is 2.88. The van der Waals surface area contributed by atoms with E-state index in [0.29, 0.717) is 17.3 Å². The molecule has 5 nitrogen and oxygen atoms in total. The Morgan fingerprint density at radius 1 is 1.32 bits per heavy atom. The van der Waals surface area contributed by atoms with Crippen molar-refractivity contribution in [3.8, 4) is 11.7 Å². The zero-order valence-electron chi connectivity index (χ0n) is 13.2. The third-order valence-corrected chi connectivity index (χ3v) is 4.71. The van der Waals surface area contributed by atoms with E-state index < -0.39 is 12.8 Å². The summed E-state index contributed by atoms with van der Waals surface area (Å²) in [5.41, 5.74) is 3.27. The predicted octanol–water partition coefficient (Wildman–Crippen LogP) is 3.27. The van der Waals surface area contributed by atoms with Gasteiger partial charge in [0.15, 0.2) is 17.6 Å². The van der Waals surface area contributed by atoms with Crippen molar-refractivity contribution in [2.24, 2.45) is 0 Å². The summed E-state index contributed by atoms with van der Waals surface area (Å²) in [5, 5.41) is 0. The number of nitrogens with zero attached hydrogens (tertiary/aromatic N) is 3. The van der Waals surface area contributed by atoms with Crippen LogP contribution in [0.25, 0.3) is 17.0 Å². The molecule has 1 aromatic carbocycles. The van der Waals surface area contributed by atoms with Crippen LogP contribution in [0.1, 0.15) is 11.3 Å². The first-order valence-corrected chi connectivity index (χ1v) is 8.52. The standard InChI is InChI=1S/C16H14F3N4OS/c1-10-13-8-25-21-23-12-5-3-2-4-11(12)20-15(23)22(13)7-6-14(10)24-9-16(17,18)19/h2-7,21H,8-9H2,1H3/q+1. The molecule has 0 amide bonds. The number of hydrogen-bond acceptors (Lipinski definition) is 4. The molecule has 9 heteroatoms. The maximum Gasteiger partial charge on any atom is 0.427 e. The van der Waals surface area contributed by atoms with Gasteiger partial charge in [0.2, 0.25) is 0 Å². The molecule has 25 heavy (non-hydrogen) atoms. The summed E-state index contributed by atoms with van der Waals surface area (Å²) in [6.07, 6.45) is -2.67. The zero-order chi connectivity index (χ0) is 17.6. The van der Waals surface area contributed by atoms with Crippen molar-refractivity contribution in [1.29, 1.82) is 0 Å². The van der Waals surface area contributed by atoms with Crippen LogP contribution in [0.2, 0.25) is 0 Å². The Morgan fingerprint density at radius 2 is 2.12 bits per heavy atom. The highest BCUT2D eigenvalue weighted by atomic mass is 32.2. The van der Waals surface area contributed by atoms with Gasteiger partial charge in [-0.15, -0.1) is 4.68 Å². The molecule has 1 N–H and O–H groups in total. The minimum absolute atomic E-state index is 0.230. The molecule has 0 spiro atoms. The van der Waals surface area contributed by atoms with E-state index in [1.807, 2.05) is 33.5 Å². The maximum atomic E-state index is 12.4. The molecule has 3 heterocycles. The number of imidazole rings is 1. The number of rotatable bonds is 2. The Labute approximate surface area is 145 Å². The van der Waals surface area contributed by atoms with Crippen molar-refractivity contribution in [3.05, 3.63) is 47.8 Å². The summed E-state index contributed by atoms with van der Waals surface area (Å²) in [5.74, 6) is 1.45. The van der Waals surface area contributed by atoms with Gasteiger partial charge in [-0.05, 0) is 31.0 Å². The lowest BCUT2D eigenvalue weighted by Crippen LogP contribution is -2.38. The zero-order valence-corrected chi connectivity index (χ0v) is 14.0. The second kappa shape index (κ2) is 5.83. The number of hydrogen-bond donors (Lipinski definition) is 1. The molecule has 3 aromatic rings. The number of halogens is 3. The molecular weight excluding hydrogens is 353 g/mol. The summed E-state index contributed by atoms with van der Waals surface area (Å²) in [7, 11) is 0.